The Labute approximate surface area is 293 Å². The second-order valence-electron chi connectivity index (χ2n) is 14.9. The first-order valence-corrected chi connectivity index (χ1v) is 17.8. The Kier molecular flexibility index (Phi) is 9.38. The van der Waals surface area contributed by atoms with E-state index in [4.69, 9.17) is 0 Å². The van der Waals surface area contributed by atoms with Crippen LogP contribution in [-0.2, 0) is 10.8 Å². The molecular formula is C41H42F6S2. The summed E-state index contributed by atoms with van der Waals surface area (Å²) in [6, 6.07) is 15.8. The molecule has 0 unspecified atom stereocenters. The van der Waals surface area contributed by atoms with Gasteiger partial charge in [0.15, 0.2) is 0 Å². The van der Waals surface area contributed by atoms with Crippen molar-refractivity contribution in [2.24, 2.45) is 0 Å². The number of thiophene rings is 2. The highest BCUT2D eigenvalue weighted by Crippen LogP contribution is 2.66. The number of alkyl halides is 6. The van der Waals surface area contributed by atoms with Gasteiger partial charge in [0.25, 0.3) is 0 Å². The number of allylic oxidation sites excluding steroid dienone is 2. The van der Waals surface area contributed by atoms with E-state index in [0.717, 1.165) is 44.9 Å². The summed E-state index contributed by atoms with van der Waals surface area (Å²) in [6.07, 6.45) is 7.07. The van der Waals surface area contributed by atoms with E-state index in [1.54, 1.807) is 12.2 Å². The number of halogens is 6. The van der Waals surface area contributed by atoms with Crippen molar-refractivity contribution in [1.82, 2.24) is 0 Å². The zero-order valence-electron chi connectivity index (χ0n) is 29.5. The maximum absolute atomic E-state index is 15.9. The smallest absolute Gasteiger partial charge is 0.194 e. The third-order valence-corrected chi connectivity index (χ3v) is 11.6. The minimum absolute atomic E-state index is 0.0325. The van der Waals surface area contributed by atoms with E-state index in [9.17, 15) is 0 Å². The summed E-state index contributed by atoms with van der Waals surface area (Å²) < 4.78 is 94.2. The van der Waals surface area contributed by atoms with Gasteiger partial charge in [-0.05, 0) is 84.1 Å². The van der Waals surface area contributed by atoms with Crippen molar-refractivity contribution in [1.29, 1.82) is 0 Å². The van der Waals surface area contributed by atoms with Crippen LogP contribution >= 0.6 is 22.7 Å². The summed E-state index contributed by atoms with van der Waals surface area (Å²) >= 11 is 2.24. The van der Waals surface area contributed by atoms with E-state index in [0.29, 0.717) is 9.75 Å². The lowest BCUT2D eigenvalue weighted by molar-refractivity contribution is -0.254. The maximum atomic E-state index is 15.9. The summed E-state index contributed by atoms with van der Waals surface area (Å²) in [4.78, 5) is 1.61. The Hall–Kier alpha value is -3.36. The number of benzene rings is 2. The largest absolute Gasteiger partial charge is 0.380 e. The fourth-order valence-corrected chi connectivity index (χ4v) is 8.48. The third-order valence-electron chi connectivity index (χ3n) is 9.29. The van der Waals surface area contributed by atoms with Crippen LogP contribution in [0.5, 0.6) is 0 Å². The van der Waals surface area contributed by atoms with Crippen molar-refractivity contribution in [2.75, 3.05) is 0 Å². The van der Waals surface area contributed by atoms with Crippen LogP contribution in [0, 0.1) is 27.7 Å². The van der Waals surface area contributed by atoms with E-state index >= 15 is 26.3 Å². The van der Waals surface area contributed by atoms with Gasteiger partial charge in [0, 0.05) is 41.8 Å². The highest BCUT2D eigenvalue weighted by Gasteiger charge is 2.80. The van der Waals surface area contributed by atoms with Crippen molar-refractivity contribution in [3.8, 4) is 0 Å². The van der Waals surface area contributed by atoms with Crippen LogP contribution < -0.4 is 0 Å². The average Bonchev–Trinajstić information content (AvgIpc) is 3.47. The lowest BCUT2D eigenvalue weighted by Crippen LogP contribution is -2.49. The molecule has 0 nitrogen and oxygen atoms in total. The highest BCUT2D eigenvalue weighted by atomic mass is 32.1. The number of aryl methyl sites for hydroxylation is 2. The molecular weight excluding hydrogens is 671 g/mol. The average molecular weight is 713 g/mol. The SMILES string of the molecule is Cc1sc(/C=C/c2ccc(C(C)(C)C)cc2)c(C)c1C1=C(c2c(C)sc(/C=C/c3ccc(C(C)(C)C)cc3)c2C)C(F)(F)C(F)(F)C1(F)F. The summed E-state index contributed by atoms with van der Waals surface area (Å²) in [5, 5.41) is 0. The molecule has 4 aromatic rings. The van der Waals surface area contributed by atoms with Gasteiger partial charge >= 0.3 is 17.8 Å². The van der Waals surface area contributed by atoms with Crippen LogP contribution in [0.15, 0.2) is 48.5 Å². The molecule has 1 aliphatic rings. The van der Waals surface area contributed by atoms with Crippen LogP contribution in [0.25, 0.3) is 35.5 Å². The normalized spacial score (nSPS) is 17.6. The molecule has 260 valence electrons. The molecule has 2 aromatic carbocycles. The molecule has 2 heterocycles. The molecule has 0 amide bonds. The Balaban J connectivity index is 1.62. The van der Waals surface area contributed by atoms with Gasteiger partial charge in [-0.2, -0.15) is 26.3 Å². The number of hydrogen-bond acceptors (Lipinski definition) is 2. The molecule has 0 radical (unpaired) electrons. The molecule has 0 atom stereocenters. The summed E-state index contributed by atoms with van der Waals surface area (Å²) in [5.74, 6) is -15.8. The second-order valence-corrected chi connectivity index (χ2v) is 17.4. The summed E-state index contributed by atoms with van der Waals surface area (Å²) in [5.41, 5.74) is 1.39. The molecule has 0 bridgehead atoms. The summed E-state index contributed by atoms with van der Waals surface area (Å²) in [6.45, 7) is 18.7. The molecule has 49 heavy (non-hydrogen) atoms. The molecule has 0 saturated heterocycles. The van der Waals surface area contributed by atoms with Crippen LogP contribution in [0.2, 0.25) is 0 Å². The molecule has 2 aromatic heterocycles. The molecule has 0 fully saturated rings. The Morgan fingerprint density at radius 3 is 1.08 bits per heavy atom. The van der Waals surface area contributed by atoms with Crippen LogP contribution in [0.4, 0.5) is 26.3 Å². The third kappa shape index (κ3) is 6.40. The topological polar surface area (TPSA) is 0 Å². The van der Waals surface area contributed by atoms with E-state index < -0.39 is 28.9 Å². The molecule has 1 aliphatic carbocycles. The fourth-order valence-electron chi connectivity index (χ4n) is 6.33. The van der Waals surface area contributed by atoms with Gasteiger partial charge in [-0.3, -0.25) is 0 Å². The van der Waals surface area contributed by atoms with Gasteiger partial charge in [0.2, 0.25) is 0 Å². The van der Waals surface area contributed by atoms with Crippen molar-refractivity contribution in [3.63, 3.8) is 0 Å². The maximum Gasteiger partial charge on any atom is 0.380 e. The van der Waals surface area contributed by atoms with E-state index in [2.05, 4.69) is 41.5 Å². The lowest BCUT2D eigenvalue weighted by atomic mass is 9.86. The highest BCUT2D eigenvalue weighted by molar-refractivity contribution is 7.13. The van der Waals surface area contributed by atoms with Gasteiger partial charge in [-0.15, -0.1) is 22.7 Å². The predicted octanol–water partition coefficient (Wildman–Crippen LogP) is 13.8. The first-order chi connectivity index (χ1) is 22.5. The van der Waals surface area contributed by atoms with E-state index in [1.807, 2.05) is 60.7 Å². The van der Waals surface area contributed by atoms with Gasteiger partial charge in [0.1, 0.15) is 0 Å². The van der Waals surface area contributed by atoms with Gasteiger partial charge < -0.3 is 0 Å². The molecule has 5 rings (SSSR count). The molecule has 8 heteroatoms. The Bertz CT molecular complexity index is 1830. The van der Waals surface area contributed by atoms with E-state index in [1.165, 1.54) is 27.7 Å². The molecule has 0 N–H and O–H groups in total. The molecule has 0 saturated carbocycles. The monoisotopic (exact) mass is 712 g/mol. The Morgan fingerprint density at radius 2 is 0.796 bits per heavy atom. The van der Waals surface area contributed by atoms with Crippen LogP contribution in [0.1, 0.15) is 106 Å². The van der Waals surface area contributed by atoms with Crippen molar-refractivity contribution < 1.29 is 26.3 Å². The second kappa shape index (κ2) is 12.4. The van der Waals surface area contributed by atoms with Gasteiger partial charge in [-0.25, -0.2) is 0 Å². The number of rotatable bonds is 6. The fraction of sp³-hybridized carbons (Fsp3) is 0.366. The van der Waals surface area contributed by atoms with E-state index in [-0.39, 0.29) is 42.8 Å². The zero-order chi connectivity index (χ0) is 36.5. The first kappa shape index (κ1) is 36.9. The first-order valence-electron chi connectivity index (χ1n) is 16.2. The number of hydrogen-bond donors (Lipinski definition) is 0. The quantitative estimate of drug-likeness (QED) is 0.175. The summed E-state index contributed by atoms with van der Waals surface area (Å²) in [7, 11) is 0. The van der Waals surface area contributed by atoms with Crippen molar-refractivity contribution in [3.05, 3.63) is 113 Å². The van der Waals surface area contributed by atoms with Crippen LogP contribution in [-0.4, -0.2) is 17.8 Å². The molecule has 0 spiro atoms. The lowest BCUT2D eigenvalue weighted by Gasteiger charge is -2.26. The Morgan fingerprint density at radius 1 is 0.490 bits per heavy atom. The van der Waals surface area contributed by atoms with Crippen LogP contribution in [0.3, 0.4) is 0 Å². The van der Waals surface area contributed by atoms with Gasteiger partial charge in [-0.1, -0.05) is 102 Å². The van der Waals surface area contributed by atoms with Crippen molar-refractivity contribution >= 4 is 58.1 Å². The minimum Gasteiger partial charge on any atom is -0.194 e. The van der Waals surface area contributed by atoms with Crippen molar-refractivity contribution in [2.45, 2.75) is 97.8 Å². The zero-order valence-corrected chi connectivity index (χ0v) is 31.1. The van der Waals surface area contributed by atoms with Gasteiger partial charge in [0.05, 0.1) is 0 Å². The minimum atomic E-state index is -5.62. The molecule has 0 aliphatic heterocycles. The predicted molar refractivity (Wildman–Crippen MR) is 197 cm³/mol. The standard InChI is InChI=1S/C41H42F6S2/c1-23-31(21-15-27-11-17-29(18-12-27)37(5,6)7)48-25(3)33(23)35-36(40(44,45)41(46,47)39(35,42)43)34-24(2)32(49-26(34)4)22-16-28-13-19-30(20-14-28)38(8,9)10/h11-22H,1-10H3/b21-15+,22-16+.